The predicted octanol–water partition coefficient (Wildman–Crippen LogP) is 4.21. The lowest BCUT2D eigenvalue weighted by Crippen LogP contribution is -2.23. The Hall–Kier alpha value is -2.50. The Labute approximate surface area is 151 Å². The van der Waals surface area contributed by atoms with Crippen molar-refractivity contribution in [1.82, 2.24) is 10.1 Å². The number of nitrogens with zero attached hydrogens (tertiary/aromatic N) is 2. The van der Waals surface area contributed by atoms with Crippen molar-refractivity contribution in [3.05, 3.63) is 65.4 Å². The molecule has 0 fully saturated rings. The van der Waals surface area contributed by atoms with Gasteiger partial charge in [0.2, 0.25) is 0 Å². The first-order valence-electron chi connectivity index (χ1n) is 7.92. The molecular formula is C19H19ClN2O3. The number of hydrogen-bond acceptors (Lipinski definition) is 5. The van der Waals surface area contributed by atoms with Gasteiger partial charge in [-0.3, -0.25) is 4.90 Å². The average Bonchev–Trinajstić information content (AvgIpc) is 3.06. The Balaban J connectivity index is 1.48. The van der Waals surface area contributed by atoms with Crippen LogP contribution in [0.1, 0.15) is 5.76 Å². The highest BCUT2D eigenvalue weighted by atomic mass is 35.5. The third-order valence-electron chi connectivity index (χ3n) is 3.70. The van der Waals surface area contributed by atoms with E-state index in [0.717, 1.165) is 29.3 Å². The molecule has 0 aliphatic rings. The van der Waals surface area contributed by atoms with Gasteiger partial charge in [0, 0.05) is 23.2 Å². The standard InChI is InChI=1S/C19H19ClN2O3/c1-22(10-11-24-17-8-6-16(23)7-9-17)13-18-12-19(21-25-18)14-2-4-15(20)5-3-14/h2-9,12,23H,10-11,13H2,1H3. The zero-order valence-corrected chi connectivity index (χ0v) is 14.6. The van der Waals surface area contributed by atoms with Crippen LogP contribution in [-0.4, -0.2) is 35.4 Å². The van der Waals surface area contributed by atoms with Crippen molar-refractivity contribution in [1.29, 1.82) is 0 Å². The molecule has 0 atom stereocenters. The van der Waals surface area contributed by atoms with E-state index in [9.17, 15) is 5.11 Å². The van der Waals surface area contributed by atoms with Gasteiger partial charge in [0.15, 0.2) is 5.76 Å². The van der Waals surface area contributed by atoms with Crippen LogP contribution < -0.4 is 4.74 Å². The van der Waals surface area contributed by atoms with Gasteiger partial charge in [-0.2, -0.15) is 0 Å². The second-order valence-electron chi connectivity index (χ2n) is 5.77. The summed E-state index contributed by atoms with van der Waals surface area (Å²) in [6, 6.07) is 16.1. The molecule has 5 nitrogen and oxygen atoms in total. The van der Waals surface area contributed by atoms with Crippen LogP contribution in [0.25, 0.3) is 11.3 Å². The number of likely N-dealkylation sites (N-methyl/N-ethyl adjacent to an activating group) is 1. The number of phenols is 1. The van der Waals surface area contributed by atoms with Gasteiger partial charge in [-0.15, -0.1) is 0 Å². The summed E-state index contributed by atoms with van der Waals surface area (Å²) in [5, 5.41) is 14.0. The first kappa shape index (κ1) is 17.3. The van der Waals surface area contributed by atoms with Crippen LogP contribution >= 0.6 is 11.6 Å². The molecule has 25 heavy (non-hydrogen) atoms. The van der Waals surface area contributed by atoms with Crippen LogP contribution in [0.3, 0.4) is 0 Å². The van der Waals surface area contributed by atoms with E-state index in [1.54, 1.807) is 24.3 Å². The Morgan fingerprint density at radius 2 is 1.84 bits per heavy atom. The fraction of sp³-hybridized carbons (Fsp3) is 0.211. The molecule has 0 bridgehead atoms. The lowest BCUT2D eigenvalue weighted by molar-refractivity contribution is 0.215. The zero-order valence-electron chi connectivity index (χ0n) is 13.9. The van der Waals surface area contributed by atoms with Crippen molar-refractivity contribution in [2.75, 3.05) is 20.2 Å². The summed E-state index contributed by atoms with van der Waals surface area (Å²) in [5.74, 6) is 1.75. The van der Waals surface area contributed by atoms with E-state index >= 15 is 0 Å². The molecule has 0 aliphatic carbocycles. The molecular weight excluding hydrogens is 340 g/mol. The summed E-state index contributed by atoms with van der Waals surface area (Å²) >= 11 is 5.90. The quantitative estimate of drug-likeness (QED) is 0.685. The number of phenolic OH excluding ortho intramolecular Hbond substituents is 1. The van der Waals surface area contributed by atoms with Gasteiger partial charge in [0.1, 0.15) is 23.8 Å². The Morgan fingerprint density at radius 3 is 2.56 bits per heavy atom. The van der Waals surface area contributed by atoms with Crippen LogP contribution in [0.2, 0.25) is 5.02 Å². The summed E-state index contributed by atoms with van der Waals surface area (Å²) in [4.78, 5) is 2.09. The monoisotopic (exact) mass is 358 g/mol. The molecule has 0 saturated carbocycles. The molecule has 3 rings (SSSR count). The third kappa shape index (κ3) is 4.98. The molecule has 2 aromatic carbocycles. The number of halogens is 1. The first-order chi connectivity index (χ1) is 12.1. The van der Waals surface area contributed by atoms with Gasteiger partial charge in [-0.25, -0.2) is 0 Å². The maximum atomic E-state index is 9.25. The van der Waals surface area contributed by atoms with E-state index in [0.29, 0.717) is 18.2 Å². The smallest absolute Gasteiger partial charge is 0.151 e. The lowest BCUT2D eigenvalue weighted by atomic mass is 10.1. The number of benzene rings is 2. The van der Waals surface area contributed by atoms with Crippen LogP contribution in [0.5, 0.6) is 11.5 Å². The minimum atomic E-state index is 0.228. The Kier molecular flexibility index (Phi) is 5.58. The van der Waals surface area contributed by atoms with E-state index in [1.165, 1.54) is 0 Å². The zero-order chi connectivity index (χ0) is 17.6. The molecule has 1 heterocycles. The molecule has 0 saturated heterocycles. The number of rotatable bonds is 7. The fourth-order valence-electron chi connectivity index (χ4n) is 2.35. The summed E-state index contributed by atoms with van der Waals surface area (Å²) in [6.07, 6.45) is 0. The van der Waals surface area contributed by atoms with Crippen LogP contribution in [0.4, 0.5) is 0 Å². The fourth-order valence-corrected chi connectivity index (χ4v) is 2.48. The van der Waals surface area contributed by atoms with E-state index < -0.39 is 0 Å². The van der Waals surface area contributed by atoms with Gasteiger partial charge in [-0.1, -0.05) is 28.9 Å². The van der Waals surface area contributed by atoms with Gasteiger partial charge in [0.05, 0.1) is 6.54 Å². The van der Waals surface area contributed by atoms with Crippen molar-refractivity contribution in [3.63, 3.8) is 0 Å². The molecule has 0 aliphatic heterocycles. The van der Waals surface area contributed by atoms with Gasteiger partial charge in [-0.05, 0) is 43.4 Å². The van der Waals surface area contributed by atoms with E-state index in [2.05, 4.69) is 10.1 Å². The highest BCUT2D eigenvalue weighted by Gasteiger charge is 2.09. The van der Waals surface area contributed by atoms with E-state index in [1.807, 2.05) is 37.4 Å². The average molecular weight is 359 g/mol. The van der Waals surface area contributed by atoms with Crippen LogP contribution in [0, 0.1) is 0 Å². The normalized spacial score (nSPS) is 11.0. The van der Waals surface area contributed by atoms with Gasteiger partial charge < -0.3 is 14.4 Å². The van der Waals surface area contributed by atoms with Gasteiger partial charge in [0.25, 0.3) is 0 Å². The highest BCUT2D eigenvalue weighted by Crippen LogP contribution is 2.22. The Morgan fingerprint density at radius 1 is 1.12 bits per heavy atom. The minimum Gasteiger partial charge on any atom is -0.508 e. The minimum absolute atomic E-state index is 0.228. The Bertz CT molecular complexity index is 800. The van der Waals surface area contributed by atoms with Crippen molar-refractivity contribution < 1.29 is 14.4 Å². The first-order valence-corrected chi connectivity index (χ1v) is 8.30. The number of aromatic nitrogens is 1. The molecule has 1 aromatic heterocycles. The van der Waals surface area contributed by atoms with E-state index in [4.69, 9.17) is 20.9 Å². The molecule has 3 aromatic rings. The second-order valence-corrected chi connectivity index (χ2v) is 6.20. The summed E-state index contributed by atoms with van der Waals surface area (Å²) < 4.78 is 11.0. The molecule has 0 radical (unpaired) electrons. The molecule has 0 unspecified atom stereocenters. The maximum absolute atomic E-state index is 9.25. The molecule has 0 spiro atoms. The van der Waals surface area contributed by atoms with Crippen molar-refractivity contribution >= 4 is 11.6 Å². The second kappa shape index (κ2) is 8.05. The largest absolute Gasteiger partial charge is 0.508 e. The predicted molar refractivity (Wildman–Crippen MR) is 96.9 cm³/mol. The van der Waals surface area contributed by atoms with Crippen molar-refractivity contribution in [2.24, 2.45) is 0 Å². The van der Waals surface area contributed by atoms with Crippen LogP contribution in [-0.2, 0) is 6.54 Å². The van der Waals surface area contributed by atoms with Gasteiger partial charge >= 0.3 is 0 Å². The van der Waals surface area contributed by atoms with Crippen molar-refractivity contribution in [2.45, 2.75) is 6.54 Å². The number of aromatic hydroxyl groups is 1. The van der Waals surface area contributed by atoms with Crippen molar-refractivity contribution in [3.8, 4) is 22.8 Å². The molecule has 0 amide bonds. The maximum Gasteiger partial charge on any atom is 0.151 e. The molecule has 1 N–H and O–H groups in total. The summed E-state index contributed by atoms with van der Waals surface area (Å²) in [7, 11) is 1.99. The summed E-state index contributed by atoms with van der Waals surface area (Å²) in [5.41, 5.74) is 1.76. The topological polar surface area (TPSA) is 58.7 Å². The molecule has 130 valence electrons. The van der Waals surface area contributed by atoms with Crippen LogP contribution in [0.15, 0.2) is 59.1 Å². The van der Waals surface area contributed by atoms with E-state index in [-0.39, 0.29) is 5.75 Å². The highest BCUT2D eigenvalue weighted by molar-refractivity contribution is 6.30. The number of hydrogen-bond donors (Lipinski definition) is 1. The third-order valence-corrected chi connectivity index (χ3v) is 3.96. The SMILES string of the molecule is CN(CCOc1ccc(O)cc1)Cc1cc(-c2ccc(Cl)cc2)no1. The molecule has 6 heteroatoms. The number of ether oxygens (including phenoxy) is 1. The summed E-state index contributed by atoms with van der Waals surface area (Å²) in [6.45, 7) is 1.91. The lowest BCUT2D eigenvalue weighted by Gasteiger charge is -2.15.